The van der Waals surface area contributed by atoms with E-state index >= 15 is 0 Å². The zero-order valence-corrected chi connectivity index (χ0v) is 19.0. The van der Waals surface area contributed by atoms with Gasteiger partial charge in [-0.1, -0.05) is 48.0 Å². The highest BCUT2D eigenvalue weighted by Gasteiger charge is 2.20. The molecular weight excluding hydrogens is 434 g/mol. The van der Waals surface area contributed by atoms with Crippen molar-refractivity contribution in [3.63, 3.8) is 0 Å². The molecule has 0 saturated heterocycles. The summed E-state index contributed by atoms with van der Waals surface area (Å²) in [7, 11) is 1.26. The van der Waals surface area contributed by atoms with E-state index in [0.717, 1.165) is 11.1 Å². The molecule has 0 bridgehead atoms. The van der Waals surface area contributed by atoms with E-state index in [1.807, 2.05) is 44.2 Å². The van der Waals surface area contributed by atoms with E-state index in [9.17, 15) is 14.4 Å². The number of hydrogen-bond donors (Lipinski definition) is 1. The fourth-order valence-corrected chi connectivity index (χ4v) is 3.51. The number of aryl methyl sites for hydroxylation is 2. The Hall–Kier alpha value is -4.39. The van der Waals surface area contributed by atoms with Crippen LogP contribution in [0.2, 0.25) is 0 Å². The predicted octanol–water partition coefficient (Wildman–Crippen LogP) is 4.88. The van der Waals surface area contributed by atoms with Gasteiger partial charge in [-0.05, 0) is 43.7 Å². The van der Waals surface area contributed by atoms with Crippen molar-refractivity contribution in [1.29, 1.82) is 0 Å². The van der Waals surface area contributed by atoms with Crippen molar-refractivity contribution in [2.24, 2.45) is 0 Å². The lowest BCUT2D eigenvalue weighted by Crippen LogP contribution is -2.23. The molecule has 3 aromatic carbocycles. The molecule has 0 unspecified atom stereocenters. The van der Waals surface area contributed by atoms with Gasteiger partial charge in [-0.3, -0.25) is 9.59 Å². The molecule has 0 spiro atoms. The van der Waals surface area contributed by atoms with Crippen LogP contribution in [0.3, 0.4) is 0 Å². The molecule has 1 heterocycles. The maximum atomic E-state index is 13.3. The van der Waals surface area contributed by atoms with Crippen molar-refractivity contribution in [3.8, 4) is 17.1 Å². The van der Waals surface area contributed by atoms with E-state index < -0.39 is 18.5 Å². The van der Waals surface area contributed by atoms with Crippen molar-refractivity contribution in [2.45, 2.75) is 13.8 Å². The highest BCUT2D eigenvalue weighted by atomic mass is 16.5. The number of rotatable bonds is 6. The largest absolute Gasteiger partial charge is 0.476 e. The fourth-order valence-electron chi connectivity index (χ4n) is 3.51. The quantitative estimate of drug-likeness (QED) is 0.415. The Morgan fingerprint density at radius 2 is 1.65 bits per heavy atom. The van der Waals surface area contributed by atoms with Gasteiger partial charge in [-0.2, -0.15) is 0 Å². The van der Waals surface area contributed by atoms with Gasteiger partial charge in [0.15, 0.2) is 12.4 Å². The molecule has 0 fully saturated rings. The topological polar surface area (TPSA) is 94.8 Å². The lowest BCUT2D eigenvalue weighted by atomic mass is 10.1. The first-order chi connectivity index (χ1) is 16.4. The van der Waals surface area contributed by atoms with Gasteiger partial charge in [0.2, 0.25) is 11.2 Å². The summed E-state index contributed by atoms with van der Waals surface area (Å²) in [5.41, 5.74) is 3.19. The molecule has 34 heavy (non-hydrogen) atoms. The standard InChI is InChI=1S/C27H23NO6/c1-16-8-11-18(12-9-16)25-26(24(30)20-13-10-17(2)14-22(20)34-25)33-15-23(29)28-21-7-5-4-6-19(21)27(31)32-3/h4-14H,15H2,1-3H3,(H,28,29). The highest BCUT2D eigenvalue weighted by molar-refractivity contribution is 6.01. The van der Waals surface area contributed by atoms with Crippen molar-refractivity contribution in [3.05, 3.63) is 93.6 Å². The van der Waals surface area contributed by atoms with Crippen LogP contribution in [0, 0.1) is 13.8 Å². The van der Waals surface area contributed by atoms with Crippen LogP contribution >= 0.6 is 0 Å². The van der Waals surface area contributed by atoms with Crippen LogP contribution < -0.4 is 15.5 Å². The summed E-state index contributed by atoms with van der Waals surface area (Å²) in [5, 5.41) is 2.98. The minimum absolute atomic E-state index is 0.0587. The van der Waals surface area contributed by atoms with Gasteiger partial charge >= 0.3 is 5.97 Å². The average molecular weight is 457 g/mol. The number of esters is 1. The van der Waals surface area contributed by atoms with Crippen molar-refractivity contribution in [2.75, 3.05) is 19.0 Å². The number of amides is 1. The fraction of sp³-hybridized carbons (Fsp3) is 0.148. The minimum atomic E-state index is -0.580. The molecule has 7 heteroatoms. The molecule has 0 saturated carbocycles. The van der Waals surface area contributed by atoms with E-state index in [-0.39, 0.29) is 28.2 Å². The Bertz CT molecular complexity index is 1440. The van der Waals surface area contributed by atoms with E-state index in [4.69, 9.17) is 13.9 Å². The van der Waals surface area contributed by atoms with Crippen LogP contribution in [0.1, 0.15) is 21.5 Å². The Morgan fingerprint density at radius 3 is 2.38 bits per heavy atom. The zero-order valence-electron chi connectivity index (χ0n) is 19.0. The Balaban J connectivity index is 1.67. The minimum Gasteiger partial charge on any atom is -0.476 e. The predicted molar refractivity (Wildman–Crippen MR) is 129 cm³/mol. The third-order valence-electron chi connectivity index (χ3n) is 5.27. The summed E-state index contributed by atoms with van der Waals surface area (Å²) in [6.45, 7) is 3.40. The van der Waals surface area contributed by atoms with Crippen molar-refractivity contribution in [1.82, 2.24) is 0 Å². The second-order valence-corrected chi connectivity index (χ2v) is 7.83. The van der Waals surface area contributed by atoms with Crippen LogP contribution in [0.15, 0.2) is 75.9 Å². The Morgan fingerprint density at radius 1 is 0.941 bits per heavy atom. The SMILES string of the molecule is COC(=O)c1ccccc1NC(=O)COc1c(-c2ccc(C)cc2)oc2cc(C)ccc2c1=O. The molecule has 0 radical (unpaired) electrons. The Kier molecular flexibility index (Phi) is 6.45. The number of hydrogen-bond acceptors (Lipinski definition) is 6. The monoisotopic (exact) mass is 457 g/mol. The summed E-state index contributed by atoms with van der Waals surface area (Å²) in [4.78, 5) is 37.9. The molecule has 0 aliphatic carbocycles. The van der Waals surface area contributed by atoms with Gasteiger partial charge in [-0.25, -0.2) is 4.79 Å². The van der Waals surface area contributed by atoms with Gasteiger partial charge in [0.25, 0.3) is 5.91 Å². The molecule has 0 atom stereocenters. The van der Waals surface area contributed by atoms with Gasteiger partial charge < -0.3 is 19.2 Å². The van der Waals surface area contributed by atoms with Gasteiger partial charge in [0.1, 0.15) is 5.58 Å². The number of ether oxygens (including phenoxy) is 2. The van der Waals surface area contributed by atoms with Crippen LogP contribution in [0.25, 0.3) is 22.3 Å². The van der Waals surface area contributed by atoms with E-state index in [1.54, 1.807) is 30.3 Å². The summed E-state index contributed by atoms with van der Waals surface area (Å²) in [6.07, 6.45) is 0. The van der Waals surface area contributed by atoms with E-state index in [2.05, 4.69) is 5.32 Å². The molecule has 0 aliphatic rings. The van der Waals surface area contributed by atoms with Crippen LogP contribution in [0.4, 0.5) is 5.69 Å². The second-order valence-electron chi connectivity index (χ2n) is 7.83. The van der Waals surface area contributed by atoms with Crippen molar-refractivity contribution >= 4 is 28.5 Å². The maximum Gasteiger partial charge on any atom is 0.339 e. The smallest absolute Gasteiger partial charge is 0.339 e. The number of para-hydroxylation sites is 1. The number of benzene rings is 3. The maximum absolute atomic E-state index is 13.3. The molecule has 4 aromatic rings. The first-order valence-electron chi connectivity index (χ1n) is 10.6. The van der Waals surface area contributed by atoms with Gasteiger partial charge in [0.05, 0.1) is 23.7 Å². The van der Waals surface area contributed by atoms with Crippen LogP contribution in [-0.4, -0.2) is 25.6 Å². The number of anilines is 1. The zero-order chi connectivity index (χ0) is 24.2. The lowest BCUT2D eigenvalue weighted by molar-refractivity contribution is -0.118. The van der Waals surface area contributed by atoms with Gasteiger partial charge in [-0.15, -0.1) is 0 Å². The average Bonchev–Trinajstić information content (AvgIpc) is 2.83. The first kappa shape index (κ1) is 22.8. The number of nitrogens with one attached hydrogen (secondary N) is 1. The van der Waals surface area contributed by atoms with Gasteiger partial charge in [0, 0.05) is 5.56 Å². The molecular formula is C27H23NO6. The Labute approximate surface area is 195 Å². The van der Waals surface area contributed by atoms with E-state index in [0.29, 0.717) is 16.5 Å². The highest BCUT2D eigenvalue weighted by Crippen LogP contribution is 2.31. The third-order valence-corrected chi connectivity index (χ3v) is 5.27. The molecule has 1 amide bonds. The van der Waals surface area contributed by atoms with E-state index in [1.165, 1.54) is 13.2 Å². The number of fused-ring (bicyclic) bond motifs is 1. The number of carbonyl (C=O) groups is 2. The molecule has 4 rings (SSSR count). The molecule has 7 nitrogen and oxygen atoms in total. The summed E-state index contributed by atoms with van der Waals surface area (Å²) < 4.78 is 16.5. The molecule has 172 valence electrons. The normalized spacial score (nSPS) is 10.7. The van der Waals surface area contributed by atoms with Crippen LogP contribution in [-0.2, 0) is 9.53 Å². The third kappa shape index (κ3) is 4.68. The first-order valence-corrected chi connectivity index (χ1v) is 10.6. The molecule has 1 N–H and O–H groups in total. The molecule has 1 aromatic heterocycles. The van der Waals surface area contributed by atoms with Crippen molar-refractivity contribution < 1.29 is 23.5 Å². The summed E-state index contributed by atoms with van der Waals surface area (Å²) >= 11 is 0. The van der Waals surface area contributed by atoms with Crippen LogP contribution in [0.5, 0.6) is 5.75 Å². The lowest BCUT2D eigenvalue weighted by Gasteiger charge is -2.13. The summed E-state index contributed by atoms with van der Waals surface area (Å²) in [6, 6.07) is 19.2. The molecule has 0 aliphatic heterocycles. The summed E-state index contributed by atoms with van der Waals surface area (Å²) in [5.74, 6) is -0.943. The number of methoxy groups -OCH3 is 1. The second kappa shape index (κ2) is 9.62. The number of carbonyl (C=O) groups excluding carboxylic acids is 2.